The van der Waals surface area contributed by atoms with Crippen molar-refractivity contribution in [2.24, 2.45) is 17.8 Å². The number of halogens is 2. The van der Waals surface area contributed by atoms with Crippen molar-refractivity contribution in [3.63, 3.8) is 0 Å². The van der Waals surface area contributed by atoms with Gasteiger partial charge in [0, 0.05) is 17.0 Å². The number of nitrogens with one attached hydrogen (secondary N) is 1. The summed E-state index contributed by atoms with van der Waals surface area (Å²) in [5, 5.41) is 2.87. The second-order valence-electron chi connectivity index (χ2n) is 6.09. The molecule has 0 spiro atoms. The van der Waals surface area contributed by atoms with E-state index in [4.69, 9.17) is 0 Å². The number of amides is 1. The summed E-state index contributed by atoms with van der Waals surface area (Å²) in [7, 11) is 0. The first-order chi connectivity index (χ1) is 10.1. The molecular weight excluding hydrogens is 292 g/mol. The molecule has 1 aromatic rings. The van der Waals surface area contributed by atoms with E-state index >= 15 is 0 Å². The molecule has 5 heteroatoms. The molecule has 114 valence electrons. The number of hydrogen-bond donors (Lipinski definition) is 1. The first-order valence-corrected chi connectivity index (χ1v) is 8.33. The first-order valence-electron chi connectivity index (χ1n) is 7.45. The summed E-state index contributed by atoms with van der Waals surface area (Å²) in [6.07, 6.45) is 5.71. The van der Waals surface area contributed by atoms with Crippen LogP contribution in [0.5, 0.6) is 0 Å². The molecule has 2 fully saturated rings. The van der Waals surface area contributed by atoms with Crippen LogP contribution in [0.1, 0.15) is 32.1 Å². The molecule has 21 heavy (non-hydrogen) atoms. The number of anilines is 1. The van der Waals surface area contributed by atoms with Crippen molar-refractivity contribution < 1.29 is 13.6 Å². The van der Waals surface area contributed by atoms with Crippen molar-refractivity contribution in [3.8, 4) is 0 Å². The van der Waals surface area contributed by atoms with Gasteiger partial charge in [-0.1, -0.05) is 18.2 Å². The molecule has 2 aliphatic carbocycles. The molecule has 3 atom stereocenters. The van der Waals surface area contributed by atoms with Crippen LogP contribution < -0.4 is 5.32 Å². The Labute approximate surface area is 127 Å². The second kappa shape index (κ2) is 6.34. The summed E-state index contributed by atoms with van der Waals surface area (Å²) in [4.78, 5) is 12.6. The van der Waals surface area contributed by atoms with Crippen LogP contribution in [0, 0.1) is 17.8 Å². The lowest BCUT2D eigenvalue weighted by molar-refractivity contribution is -0.117. The lowest BCUT2D eigenvalue weighted by Gasteiger charge is -2.20. The van der Waals surface area contributed by atoms with Gasteiger partial charge in [0.2, 0.25) is 5.91 Å². The van der Waals surface area contributed by atoms with Gasteiger partial charge in [-0.05, 0) is 61.3 Å². The van der Waals surface area contributed by atoms with Gasteiger partial charge >= 0.3 is 0 Å². The predicted molar refractivity (Wildman–Crippen MR) is 80.5 cm³/mol. The zero-order chi connectivity index (χ0) is 14.8. The van der Waals surface area contributed by atoms with Crippen LogP contribution in [0.4, 0.5) is 14.5 Å². The zero-order valence-corrected chi connectivity index (χ0v) is 12.5. The van der Waals surface area contributed by atoms with Gasteiger partial charge in [0.1, 0.15) is 0 Å². The Morgan fingerprint density at radius 1 is 1.24 bits per heavy atom. The number of benzene rings is 1. The molecule has 0 radical (unpaired) electrons. The number of carbonyl (C=O) groups is 1. The third-order valence-corrected chi connectivity index (χ3v) is 5.42. The van der Waals surface area contributed by atoms with E-state index in [2.05, 4.69) is 5.32 Å². The van der Waals surface area contributed by atoms with Crippen molar-refractivity contribution in [3.05, 3.63) is 24.3 Å². The minimum atomic E-state index is -2.41. The van der Waals surface area contributed by atoms with Crippen molar-refractivity contribution >= 4 is 23.4 Å². The minimum Gasteiger partial charge on any atom is -0.326 e. The Morgan fingerprint density at radius 3 is 2.57 bits per heavy atom. The quantitative estimate of drug-likeness (QED) is 0.794. The van der Waals surface area contributed by atoms with E-state index in [0.717, 1.165) is 11.8 Å². The molecule has 2 aliphatic rings. The van der Waals surface area contributed by atoms with E-state index in [9.17, 15) is 13.6 Å². The summed E-state index contributed by atoms with van der Waals surface area (Å²) >= 11 is 0.514. The van der Waals surface area contributed by atoms with Gasteiger partial charge in [-0.3, -0.25) is 4.79 Å². The predicted octanol–water partition coefficient (Wildman–Crippen LogP) is 4.77. The summed E-state index contributed by atoms with van der Waals surface area (Å²) in [5.41, 5.74) is 0.682. The molecule has 2 nitrogen and oxygen atoms in total. The van der Waals surface area contributed by atoms with Crippen LogP contribution in [-0.2, 0) is 4.79 Å². The van der Waals surface area contributed by atoms with E-state index in [1.807, 2.05) is 0 Å². The number of carbonyl (C=O) groups excluding carboxylic acids is 1. The van der Waals surface area contributed by atoms with Crippen molar-refractivity contribution in [1.29, 1.82) is 0 Å². The third kappa shape index (κ3) is 3.76. The van der Waals surface area contributed by atoms with E-state index in [1.165, 1.54) is 25.7 Å². The fourth-order valence-corrected chi connectivity index (χ4v) is 4.30. The highest BCUT2D eigenvalue weighted by atomic mass is 32.2. The van der Waals surface area contributed by atoms with Crippen LogP contribution >= 0.6 is 11.8 Å². The Balaban J connectivity index is 1.50. The molecule has 0 aliphatic heterocycles. The molecule has 0 aromatic heterocycles. The van der Waals surface area contributed by atoms with Gasteiger partial charge in [-0.2, -0.15) is 8.78 Å². The average Bonchev–Trinajstić information content (AvgIpc) is 3.02. The average molecular weight is 311 g/mol. The van der Waals surface area contributed by atoms with Gasteiger partial charge in [-0.25, -0.2) is 0 Å². The van der Waals surface area contributed by atoms with Crippen LogP contribution in [0.3, 0.4) is 0 Å². The fourth-order valence-electron chi connectivity index (χ4n) is 3.80. The number of alkyl halides is 2. The molecule has 1 amide bonds. The normalized spacial score (nSPS) is 27.3. The molecule has 0 heterocycles. The van der Waals surface area contributed by atoms with Gasteiger partial charge in [0.05, 0.1) is 0 Å². The molecule has 2 saturated carbocycles. The van der Waals surface area contributed by atoms with E-state index in [0.29, 0.717) is 34.7 Å². The SMILES string of the molecule is O=C(C[C@@H]1C[C@@H]2CC[C@@H]1C2)Nc1ccc(SC(F)F)cc1. The molecular formula is C16H19F2NOS. The largest absolute Gasteiger partial charge is 0.326 e. The van der Waals surface area contributed by atoms with Gasteiger partial charge in [0.25, 0.3) is 5.76 Å². The molecule has 0 saturated heterocycles. The summed E-state index contributed by atoms with van der Waals surface area (Å²) in [6, 6.07) is 6.60. The maximum atomic E-state index is 12.2. The van der Waals surface area contributed by atoms with Crippen LogP contribution in [0.2, 0.25) is 0 Å². The summed E-state index contributed by atoms with van der Waals surface area (Å²) in [5.74, 6) is -0.244. The van der Waals surface area contributed by atoms with E-state index < -0.39 is 5.76 Å². The Kier molecular flexibility index (Phi) is 4.48. The van der Waals surface area contributed by atoms with Crippen molar-refractivity contribution in [1.82, 2.24) is 0 Å². The standard InChI is InChI=1S/C16H19F2NOS/c17-16(18)21-14-5-3-13(4-6-14)19-15(20)9-12-8-10-1-2-11(12)7-10/h3-6,10-12,16H,1-2,7-9H2,(H,19,20)/t10-,11-,12+/m1/s1. The maximum Gasteiger partial charge on any atom is 0.288 e. The van der Waals surface area contributed by atoms with Gasteiger partial charge in [0.15, 0.2) is 0 Å². The number of rotatable bonds is 5. The topological polar surface area (TPSA) is 29.1 Å². The monoisotopic (exact) mass is 311 g/mol. The Hall–Kier alpha value is -1.10. The zero-order valence-electron chi connectivity index (χ0n) is 11.7. The smallest absolute Gasteiger partial charge is 0.288 e. The van der Waals surface area contributed by atoms with Gasteiger partial charge < -0.3 is 5.32 Å². The second-order valence-corrected chi connectivity index (χ2v) is 7.15. The minimum absolute atomic E-state index is 0.0433. The lowest BCUT2D eigenvalue weighted by Crippen LogP contribution is -2.20. The first kappa shape index (κ1) is 14.8. The Bertz CT molecular complexity index is 506. The Morgan fingerprint density at radius 2 is 2.00 bits per heavy atom. The highest BCUT2D eigenvalue weighted by Gasteiger charge is 2.40. The van der Waals surface area contributed by atoms with E-state index in [1.54, 1.807) is 24.3 Å². The summed E-state index contributed by atoms with van der Waals surface area (Å²) < 4.78 is 24.5. The van der Waals surface area contributed by atoms with Crippen molar-refractivity contribution in [2.45, 2.75) is 42.8 Å². The van der Waals surface area contributed by atoms with Crippen LogP contribution in [-0.4, -0.2) is 11.7 Å². The lowest BCUT2D eigenvalue weighted by atomic mass is 9.86. The third-order valence-electron chi connectivity index (χ3n) is 4.70. The van der Waals surface area contributed by atoms with Crippen molar-refractivity contribution in [2.75, 3.05) is 5.32 Å². The highest BCUT2D eigenvalue weighted by Crippen LogP contribution is 2.49. The molecule has 1 N–H and O–H groups in total. The van der Waals surface area contributed by atoms with E-state index in [-0.39, 0.29) is 5.91 Å². The molecule has 3 rings (SSSR count). The summed E-state index contributed by atoms with van der Waals surface area (Å²) in [6.45, 7) is 0. The molecule has 1 aromatic carbocycles. The molecule has 0 unspecified atom stereocenters. The number of thioether (sulfide) groups is 1. The number of hydrogen-bond acceptors (Lipinski definition) is 2. The van der Waals surface area contributed by atoms with Crippen LogP contribution in [0.25, 0.3) is 0 Å². The molecule has 2 bridgehead atoms. The number of fused-ring (bicyclic) bond motifs is 2. The highest BCUT2D eigenvalue weighted by molar-refractivity contribution is 7.99. The van der Waals surface area contributed by atoms with Crippen LogP contribution in [0.15, 0.2) is 29.2 Å². The maximum absolute atomic E-state index is 12.2. The van der Waals surface area contributed by atoms with Gasteiger partial charge in [-0.15, -0.1) is 0 Å². The fraction of sp³-hybridized carbons (Fsp3) is 0.562.